The van der Waals surface area contributed by atoms with Crippen molar-refractivity contribution in [3.8, 4) is 5.75 Å². The van der Waals surface area contributed by atoms with Crippen LogP contribution in [0.25, 0.3) is 0 Å². The molecule has 1 heterocycles. The summed E-state index contributed by atoms with van der Waals surface area (Å²) in [4.78, 5) is 26.0. The van der Waals surface area contributed by atoms with Crippen LogP contribution < -0.4 is 10.2 Å². The van der Waals surface area contributed by atoms with Gasteiger partial charge in [-0.1, -0.05) is 24.3 Å². The average Bonchev–Trinajstić information content (AvgIpc) is 2.90. The molecule has 2 aromatic carbocycles. The number of benzene rings is 2. The van der Waals surface area contributed by atoms with Crippen molar-refractivity contribution >= 4 is 23.2 Å². The molecule has 2 amide bonds. The number of phenols is 1. The summed E-state index contributed by atoms with van der Waals surface area (Å²) in [6, 6.07) is 15.7. The Balaban J connectivity index is 1.69. The summed E-state index contributed by atoms with van der Waals surface area (Å²) >= 11 is 0. The molecular weight excluding hydrogens is 280 g/mol. The molecule has 1 aliphatic rings. The first kappa shape index (κ1) is 14.1. The van der Waals surface area contributed by atoms with Gasteiger partial charge in [-0.25, -0.2) is 0 Å². The molecule has 2 N–H and O–H groups in total. The van der Waals surface area contributed by atoms with Crippen LogP contribution in [0.15, 0.2) is 54.6 Å². The van der Waals surface area contributed by atoms with Gasteiger partial charge in [0.15, 0.2) is 0 Å². The summed E-state index contributed by atoms with van der Waals surface area (Å²) in [5.41, 5.74) is 1.33. The van der Waals surface area contributed by atoms with E-state index in [2.05, 4.69) is 5.32 Å². The van der Waals surface area contributed by atoms with E-state index in [0.29, 0.717) is 12.2 Å². The lowest BCUT2D eigenvalue weighted by Gasteiger charge is -2.16. The summed E-state index contributed by atoms with van der Waals surface area (Å²) in [5, 5.41) is 12.1. The highest BCUT2D eigenvalue weighted by molar-refractivity contribution is 6.03. The highest BCUT2D eigenvalue weighted by Crippen LogP contribution is 2.26. The zero-order valence-corrected chi connectivity index (χ0v) is 11.9. The van der Waals surface area contributed by atoms with E-state index in [0.717, 1.165) is 5.69 Å². The minimum Gasteiger partial charge on any atom is -0.508 e. The number of carbonyl (C=O) groups excluding carboxylic acids is 2. The van der Waals surface area contributed by atoms with E-state index in [1.165, 1.54) is 12.1 Å². The van der Waals surface area contributed by atoms with E-state index in [1.54, 1.807) is 17.0 Å². The zero-order valence-electron chi connectivity index (χ0n) is 11.9. The maximum Gasteiger partial charge on any atom is 0.229 e. The second-order valence-corrected chi connectivity index (χ2v) is 5.28. The predicted octanol–water partition coefficient (Wildman–Crippen LogP) is 2.38. The first-order chi connectivity index (χ1) is 10.6. The summed E-state index contributed by atoms with van der Waals surface area (Å²) in [6.07, 6.45) is 0.194. The summed E-state index contributed by atoms with van der Waals surface area (Å²) in [5.74, 6) is -0.569. The van der Waals surface area contributed by atoms with Gasteiger partial charge in [-0.05, 0) is 24.3 Å². The Labute approximate surface area is 128 Å². The maximum absolute atomic E-state index is 12.3. The molecule has 2 aromatic rings. The van der Waals surface area contributed by atoms with Crippen LogP contribution in [-0.4, -0.2) is 23.5 Å². The largest absolute Gasteiger partial charge is 0.508 e. The Hall–Kier alpha value is -2.82. The number of hydrogen-bond donors (Lipinski definition) is 2. The molecule has 112 valence electrons. The molecular formula is C17H16N2O3. The monoisotopic (exact) mass is 296 g/mol. The van der Waals surface area contributed by atoms with Crippen LogP contribution in [0.2, 0.25) is 0 Å². The number of nitrogens with zero attached hydrogens (tertiary/aromatic N) is 1. The van der Waals surface area contributed by atoms with Crippen LogP contribution >= 0.6 is 0 Å². The fourth-order valence-corrected chi connectivity index (χ4v) is 2.57. The SMILES string of the molecule is O=C(Nc1cccc(O)c1)[C@H]1CC(=O)N(c2ccccc2)C1. The summed E-state index contributed by atoms with van der Waals surface area (Å²) in [7, 11) is 0. The molecule has 0 radical (unpaired) electrons. The van der Waals surface area contributed by atoms with Gasteiger partial charge in [0.25, 0.3) is 0 Å². The summed E-state index contributed by atoms with van der Waals surface area (Å²) < 4.78 is 0. The van der Waals surface area contributed by atoms with E-state index in [9.17, 15) is 14.7 Å². The third kappa shape index (κ3) is 2.93. The van der Waals surface area contributed by atoms with Crippen LogP contribution in [0.1, 0.15) is 6.42 Å². The molecule has 5 nitrogen and oxygen atoms in total. The van der Waals surface area contributed by atoms with Crippen molar-refractivity contribution in [2.45, 2.75) is 6.42 Å². The molecule has 0 aromatic heterocycles. The van der Waals surface area contributed by atoms with Crippen molar-refractivity contribution in [3.63, 3.8) is 0 Å². The molecule has 1 saturated heterocycles. The number of amides is 2. The van der Waals surface area contributed by atoms with Gasteiger partial charge in [-0.15, -0.1) is 0 Å². The predicted molar refractivity (Wildman–Crippen MR) is 83.6 cm³/mol. The van der Waals surface area contributed by atoms with Crippen molar-refractivity contribution in [1.29, 1.82) is 0 Å². The number of rotatable bonds is 3. The Bertz CT molecular complexity index is 700. The standard InChI is InChI=1S/C17H16N2O3/c20-15-8-4-5-13(10-15)18-17(22)12-9-16(21)19(11-12)14-6-2-1-3-7-14/h1-8,10,12,20H,9,11H2,(H,18,22)/t12-/m0/s1. The van der Waals surface area contributed by atoms with Gasteiger partial charge >= 0.3 is 0 Å². The van der Waals surface area contributed by atoms with E-state index < -0.39 is 5.92 Å². The number of nitrogens with one attached hydrogen (secondary N) is 1. The van der Waals surface area contributed by atoms with Gasteiger partial charge in [0.05, 0.1) is 5.92 Å². The lowest BCUT2D eigenvalue weighted by Crippen LogP contribution is -2.28. The Morgan fingerprint density at radius 2 is 1.91 bits per heavy atom. The van der Waals surface area contributed by atoms with E-state index in [1.807, 2.05) is 30.3 Å². The third-order valence-electron chi connectivity index (χ3n) is 3.68. The Kier molecular flexibility index (Phi) is 3.78. The number of aromatic hydroxyl groups is 1. The second kappa shape index (κ2) is 5.89. The van der Waals surface area contributed by atoms with Crippen molar-refractivity contribution < 1.29 is 14.7 Å². The van der Waals surface area contributed by atoms with Crippen LogP contribution in [-0.2, 0) is 9.59 Å². The first-order valence-corrected chi connectivity index (χ1v) is 7.09. The lowest BCUT2D eigenvalue weighted by molar-refractivity contribution is -0.122. The molecule has 0 bridgehead atoms. The average molecular weight is 296 g/mol. The van der Waals surface area contributed by atoms with Gasteiger partial charge in [0.2, 0.25) is 11.8 Å². The van der Waals surface area contributed by atoms with Crippen molar-refractivity contribution in [1.82, 2.24) is 0 Å². The van der Waals surface area contributed by atoms with E-state index in [-0.39, 0.29) is 24.0 Å². The number of para-hydroxylation sites is 1. The van der Waals surface area contributed by atoms with Crippen LogP contribution in [0, 0.1) is 5.92 Å². The minimum absolute atomic E-state index is 0.0535. The molecule has 0 spiro atoms. The third-order valence-corrected chi connectivity index (χ3v) is 3.68. The summed E-state index contributed by atoms with van der Waals surface area (Å²) in [6.45, 7) is 0.369. The molecule has 0 aliphatic carbocycles. The topological polar surface area (TPSA) is 69.6 Å². The van der Waals surface area contributed by atoms with Gasteiger partial charge in [0.1, 0.15) is 5.75 Å². The molecule has 1 atom stereocenters. The molecule has 3 rings (SSSR count). The van der Waals surface area contributed by atoms with Gasteiger partial charge in [-0.2, -0.15) is 0 Å². The quantitative estimate of drug-likeness (QED) is 0.913. The van der Waals surface area contributed by atoms with Crippen LogP contribution in [0.5, 0.6) is 5.75 Å². The number of anilines is 2. The molecule has 0 unspecified atom stereocenters. The molecule has 1 aliphatic heterocycles. The zero-order chi connectivity index (χ0) is 15.5. The van der Waals surface area contributed by atoms with Crippen molar-refractivity contribution in [2.75, 3.05) is 16.8 Å². The maximum atomic E-state index is 12.3. The number of phenolic OH excluding ortho intramolecular Hbond substituents is 1. The normalized spacial score (nSPS) is 17.5. The van der Waals surface area contributed by atoms with Gasteiger partial charge < -0.3 is 15.3 Å². The molecule has 1 fully saturated rings. The number of hydrogen-bond acceptors (Lipinski definition) is 3. The van der Waals surface area contributed by atoms with Crippen LogP contribution in [0.4, 0.5) is 11.4 Å². The van der Waals surface area contributed by atoms with Gasteiger partial charge in [-0.3, -0.25) is 9.59 Å². The lowest BCUT2D eigenvalue weighted by atomic mass is 10.1. The fraction of sp³-hybridized carbons (Fsp3) is 0.176. The minimum atomic E-state index is -0.393. The fourth-order valence-electron chi connectivity index (χ4n) is 2.57. The Morgan fingerprint density at radius 3 is 2.64 bits per heavy atom. The molecule has 0 saturated carbocycles. The number of carbonyl (C=O) groups is 2. The van der Waals surface area contributed by atoms with E-state index >= 15 is 0 Å². The highest BCUT2D eigenvalue weighted by Gasteiger charge is 2.35. The highest BCUT2D eigenvalue weighted by atomic mass is 16.3. The van der Waals surface area contributed by atoms with Gasteiger partial charge in [0, 0.05) is 30.4 Å². The molecule has 22 heavy (non-hydrogen) atoms. The van der Waals surface area contributed by atoms with E-state index in [4.69, 9.17) is 0 Å². The van der Waals surface area contributed by atoms with Crippen LogP contribution in [0.3, 0.4) is 0 Å². The smallest absolute Gasteiger partial charge is 0.229 e. The Morgan fingerprint density at radius 1 is 1.14 bits per heavy atom. The van der Waals surface area contributed by atoms with Crippen molar-refractivity contribution in [2.24, 2.45) is 5.92 Å². The first-order valence-electron chi connectivity index (χ1n) is 7.09. The van der Waals surface area contributed by atoms with Crippen molar-refractivity contribution in [3.05, 3.63) is 54.6 Å². The second-order valence-electron chi connectivity index (χ2n) is 5.28. The molecule has 5 heteroatoms.